The lowest BCUT2D eigenvalue weighted by Gasteiger charge is -2.37. The van der Waals surface area contributed by atoms with Crippen LogP contribution in [-0.4, -0.2) is 41.7 Å². The summed E-state index contributed by atoms with van der Waals surface area (Å²) in [4.78, 5) is 13.8. The summed E-state index contributed by atoms with van der Waals surface area (Å²) in [6.07, 6.45) is -0.325. The van der Waals surface area contributed by atoms with Crippen molar-refractivity contribution in [2.75, 3.05) is 25.0 Å². The molecule has 1 saturated heterocycles. The molecule has 16 heavy (non-hydrogen) atoms. The zero-order valence-electron chi connectivity index (χ0n) is 8.89. The molecule has 0 radical (unpaired) electrons. The van der Waals surface area contributed by atoms with Crippen LogP contribution in [0, 0.1) is 0 Å². The Balaban J connectivity index is 1.80. The average Bonchev–Trinajstić information content (AvgIpc) is 2.67. The summed E-state index contributed by atoms with van der Waals surface area (Å²) in [6, 6.07) is 7.91. The molecule has 4 heteroatoms. The first-order chi connectivity index (χ1) is 7.75. The number of β-amino-alcohol motifs (C(OH)–C–C–N with tert-alkyl or cyclic N) is 1. The van der Waals surface area contributed by atoms with Gasteiger partial charge >= 0.3 is 0 Å². The van der Waals surface area contributed by atoms with Crippen LogP contribution in [0.2, 0.25) is 0 Å². The lowest BCUT2D eigenvalue weighted by Crippen LogP contribution is -2.55. The van der Waals surface area contributed by atoms with E-state index in [4.69, 9.17) is 0 Å². The van der Waals surface area contributed by atoms with Crippen LogP contribution in [0.5, 0.6) is 0 Å². The van der Waals surface area contributed by atoms with Gasteiger partial charge in [-0.3, -0.25) is 4.79 Å². The van der Waals surface area contributed by atoms with Crippen molar-refractivity contribution >= 4 is 11.6 Å². The van der Waals surface area contributed by atoms with Gasteiger partial charge in [-0.1, -0.05) is 18.2 Å². The molecule has 1 fully saturated rings. The molecule has 0 aliphatic carbocycles. The average molecular weight is 218 g/mol. The SMILES string of the molecule is O=C(C1CNc2ccccc21)N1CC(O)C1. The molecular weight excluding hydrogens is 204 g/mol. The minimum absolute atomic E-state index is 0.0799. The number of aliphatic hydroxyl groups excluding tert-OH is 1. The number of benzene rings is 1. The van der Waals surface area contributed by atoms with E-state index in [1.807, 2.05) is 24.3 Å². The normalized spacial score (nSPS) is 23.6. The van der Waals surface area contributed by atoms with E-state index in [-0.39, 0.29) is 17.9 Å². The first kappa shape index (κ1) is 9.66. The number of fused-ring (bicyclic) bond motifs is 1. The molecule has 4 nitrogen and oxygen atoms in total. The van der Waals surface area contributed by atoms with Crippen molar-refractivity contribution in [1.29, 1.82) is 0 Å². The van der Waals surface area contributed by atoms with Crippen LogP contribution in [0.4, 0.5) is 5.69 Å². The molecule has 1 aromatic carbocycles. The quantitative estimate of drug-likeness (QED) is 0.717. The molecule has 84 valence electrons. The third kappa shape index (κ3) is 1.38. The molecule has 1 aromatic rings. The van der Waals surface area contributed by atoms with Crippen LogP contribution < -0.4 is 5.32 Å². The minimum atomic E-state index is -0.325. The largest absolute Gasteiger partial charge is 0.389 e. The van der Waals surface area contributed by atoms with Gasteiger partial charge in [0.25, 0.3) is 0 Å². The van der Waals surface area contributed by atoms with Crippen LogP contribution >= 0.6 is 0 Å². The molecule has 2 aliphatic rings. The van der Waals surface area contributed by atoms with Crippen molar-refractivity contribution < 1.29 is 9.90 Å². The van der Waals surface area contributed by atoms with Crippen molar-refractivity contribution in [1.82, 2.24) is 4.90 Å². The van der Waals surface area contributed by atoms with Crippen molar-refractivity contribution in [3.63, 3.8) is 0 Å². The Labute approximate surface area is 93.9 Å². The van der Waals surface area contributed by atoms with Crippen LogP contribution in [-0.2, 0) is 4.79 Å². The van der Waals surface area contributed by atoms with Crippen molar-refractivity contribution in [3.8, 4) is 0 Å². The van der Waals surface area contributed by atoms with Gasteiger partial charge in [0.1, 0.15) is 0 Å². The molecule has 2 aliphatic heterocycles. The maximum atomic E-state index is 12.1. The van der Waals surface area contributed by atoms with E-state index in [1.165, 1.54) is 0 Å². The highest BCUT2D eigenvalue weighted by molar-refractivity contribution is 5.88. The van der Waals surface area contributed by atoms with E-state index < -0.39 is 0 Å². The summed E-state index contributed by atoms with van der Waals surface area (Å²) in [6.45, 7) is 1.64. The van der Waals surface area contributed by atoms with Gasteiger partial charge in [-0.15, -0.1) is 0 Å². The number of likely N-dealkylation sites (tertiary alicyclic amines) is 1. The number of aliphatic hydroxyl groups is 1. The summed E-state index contributed by atoms with van der Waals surface area (Å²) < 4.78 is 0. The van der Waals surface area contributed by atoms with Gasteiger partial charge in [-0.25, -0.2) is 0 Å². The number of carbonyl (C=O) groups excluding carboxylic acids is 1. The Morgan fingerprint density at radius 1 is 1.38 bits per heavy atom. The zero-order valence-corrected chi connectivity index (χ0v) is 8.89. The van der Waals surface area contributed by atoms with Gasteiger partial charge in [0.05, 0.1) is 12.0 Å². The number of rotatable bonds is 1. The fourth-order valence-electron chi connectivity index (χ4n) is 2.36. The predicted octanol–water partition coefficient (Wildman–Crippen LogP) is 0.399. The minimum Gasteiger partial charge on any atom is -0.389 e. The van der Waals surface area contributed by atoms with E-state index in [0.29, 0.717) is 19.6 Å². The van der Waals surface area contributed by atoms with E-state index in [1.54, 1.807) is 4.90 Å². The molecule has 1 unspecified atom stereocenters. The number of anilines is 1. The number of hydrogen-bond donors (Lipinski definition) is 2. The summed E-state index contributed by atoms with van der Waals surface area (Å²) in [7, 11) is 0. The molecule has 3 rings (SSSR count). The fraction of sp³-hybridized carbons (Fsp3) is 0.417. The summed E-state index contributed by atoms with van der Waals surface area (Å²) in [5, 5.41) is 12.4. The van der Waals surface area contributed by atoms with Gasteiger partial charge in [0.15, 0.2) is 0 Å². The monoisotopic (exact) mass is 218 g/mol. The number of carbonyl (C=O) groups is 1. The second kappa shape index (κ2) is 3.49. The molecule has 0 aromatic heterocycles. The fourth-order valence-corrected chi connectivity index (χ4v) is 2.36. The van der Waals surface area contributed by atoms with Crippen molar-refractivity contribution in [3.05, 3.63) is 29.8 Å². The maximum Gasteiger partial charge on any atom is 0.232 e. The molecule has 0 spiro atoms. The maximum absolute atomic E-state index is 12.1. The summed E-state index contributed by atoms with van der Waals surface area (Å²) >= 11 is 0. The second-order valence-corrected chi connectivity index (χ2v) is 4.42. The van der Waals surface area contributed by atoms with Crippen LogP contribution in [0.15, 0.2) is 24.3 Å². The molecule has 0 saturated carbocycles. The van der Waals surface area contributed by atoms with E-state index >= 15 is 0 Å². The van der Waals surface area contributed by atoms with Gasteiger partial charge in [-0.2, -0.15) is 0 Å². The number of para-hydroxylation sites is 1. The number of amides is 1. The van der Waals surface area contributed by atoms with Gasteiger partial charge in [0, 0.05) is 25.3 Å². The first-order valence-electron chi connectivity index (χ1n) is 5.55. The van der Waals surface area contributed by atoms with Crippen LogP contribution in [0.3, 0.4) is 0 Å². The first-order valence-corrected chi connectivity index (χ1v) is 5.55. The molecule has 1 atom stereocenters. The van der Waals surface area contributed by atoms with Crippen molar-refractivity contribution in [2.24, 2.45) is 0 Å². The van der Waals surface area contributed by atoms with Crippen LogP contribution in [0.1, 0.15) is 11.5 Å². The Kier molecular flexibility index (Phi) is 2.11. The molecule has 2 heterocycles. The smallest absolute Gasteiger partial charge is 0.232 e. The molecule has 2 N–H and O–H groups in total. The van der Waals surface area contributed by atoms with E-state index in [9.17, 15) is 9.90 Å². The lowest BCUT2D eigenvalue weighted by atomic mass is 9.98. The van der Waals surface area contributed by atoms with Gasteiger partial charge in [-0.05, 0) is 11.6 Å². The van der Waals surface area contributed by atoms with E-state index in [0.717, 1.165) is 11.3 Å². The number of hydrogen-bond acceptors (Lipinski definition) is 3. The molecular formula is C12H14N2O2. The number of nitrogens with one attached hydrogen (secondary N) is 1. The van der Waals surface area contributed by atoms with Gasteiger partial charge < -0.3 is 15.3 Å². The predicted molar refractivity (Wildman–Crippen MR) is 60.3 cm³/mol. The Hall–Kier alpha value is -1.55. The molecule has 1 amide bonds. The van der Waals surface area contributed by atoms with Crippen molar-refractivity contribution in [2.45, 2.75) is 12.0 Å². The zero-order chi connectivity index (χ0) is 11.1. The Morgan fingerprint density at radius 3 is 2.88 bits per heavy atom. The topological polar surface area (TPSA) is 52.6 Å². The third-order valence-electron chi connectivity index (χ3n) is 3.30. The highest BCUT2D eigenvalue weighted by Crippen LogP contribution is 2.33. The highest BCUT2D eigenvalue weighted by atomic mass is 16.3. The summed E-state index contributed by atoms with van der Waals surface area (Å²) in [5.41, 5.74) is 2.14. The molecule has 0 bridgehead atoms. The Bertz CT molecular complexity index is 427. The van der Waals surface area contributed by atoms with E-state index in [2.05, 4.69) is 5.32 Å². The Morgan fingerprint density at radius 2 is 2.12 bits per heavy atom. The highest BCUT2D eigenvalue weighted by Gasteiger charge is 2.36. The summed E-state index contributed by atoms with van der Waals surface area (Å²) in [5.74, 6) is 0.0476. The van der Waals surface area contributed by atoms with Crippen LogP contribution in [0.25, 0.3) is 0 Å². The second-order valence-electron chi connectivity index (χ2n) is 4.42. The van der Waals surface area contributed by atoms with Gasteiger partial charge in [0.2, 0.25) is 5.91 Å². The standard InChI is InChI=1S/C12H14N2O2/c15-8-6-14(7-8)12(16)10-5-13-11-4-2-1-3-9(10)11/h1-4,8,10,13,15H,5-7H2. The lowest BCUT2D eigenvalue weighted by molar-refractivity contribution is -0.142. The third-order valence-corrected chi connectivity index (χ3v) is 3.30. The number of nitrogens with zero attached hydrogens (tertiary/aromatic N) is 1.